The Kier molecular flexibility index (Phi) is 9.88. The Bertz CT molecular complexity index is 673. The molecule has 0 bridgehead atoms. The molecule has 0 unspecified atom stereocenters. The summed E-state index contributed by atoms with van der Waals surface area (Å²) in [5.74, 6) is 11.2. The van der Waals surface area contributed by atoms with Crippen LogP contribution in [0.25, 0.3) is 0 Å². The molecule has 1 nitrogen and oxygen atoms in total. The lowest BCUT2D eigenvalue weighted by atomic mass is 9.75. The summed E-state index contributed by atoms with van der Waals surface area (Å²) in [6, 6.07) is 8.12. The first kappa shape index (κ1) is 23.0. The van der Waals surface area contributed by atoms with Crippen molar-refractivity contribution in [2.24, 2.45) is 23.7 Å². The molecule has 0 radical (unpaired) electrons. The van der Waals surface area contributed by atoms with E-state index in [1.54, 1.807) is 0 Å². The monoisotopic (exact) mass is 406 g/mol. The fourth-order valence-corrected chi connectivity index (χ4v) is 5.23. The molecule has 0 heterocycles. The van der Waals surface area contributed by atoms with E-state index in [4.69, 9.17) is 4.74 Å². The Morgan fingerprint density at radius 3 is 2.03 bits per heavy atom. The van der Waals surface area contributed by atoms with Crippen LogP contribution in [0, 0.1) is 35.5 Å². The first-order valence-electron chi connectivity index (χ1n) is 12.7. The minimum atomic E-state index is 0.736. The third-order valence-corrected chi connectivity index (χ3v) is 7.41. The van der Waals surface area contributed by atoms with Crippen LogP contribution in [0.1, 0.15) is 96.5 Å². The Morgan fingerprint density at radius 1 is 0.833 bits per heavy atom. The predicted octanol–water partition coefficient (Wildman–Crippen LogP) is 8.19. The van der Waals surface area contributed by atoms with Crippen LogP contribution >= 0.6 is 0 Å². The molecular formula is C29H42O. The SMILES string of the molecule is CCCOc1ccc(C#CC=C[C@H]2CC[C@H](CC[C@H]3CC[C@H](CC)CC3)CC2)cc1. The molecule has 0 spiro atoms. The normalized spacial score (nSPS) is 26.9. The Morgan fingerprint density at radius 2 is 1.43 bits per heavy atom. The Balaban J connectivity index is 1.32. The Labute approximate surface area is 185 Å². The van der Waals surface area contributed by atoms with Gasteiger partial charge in [-0.3, -0.25) is 0 Å². The number of hydrogen-bond acceptors (Lipinski definition) is 1. The zero-order chi connectivity index (χ0) is 21.0. The molecule has 1 heteroatoms. The quantitative estimate of drug-likeness (QED) is 0.395. The van der Waals surface area contributed by atoms with Crippen molar-refractivity contribution in [1.82, 2.24) is 0 Å². The van der Waals surface area contributed by atoms with Crippen molar-refractivity contribution in [3.63, 3.8) is 0 Å². The van der Waals surface area contributed by atoms with E-state index >= 15 is 0 Å². The van der Waals surface area contributed by atoms with Crippen molar-refractivity contribution in [3.05, 3.63) is 42.0 Å². The van der Waals surface area contributed by atoms with Gasteiger partial charge in [0.2, 0.25) is 0 Å². The average molecular weight is 407 g/mol. The topological polar surface area (TPSA) is 9.23 Å². The highest BCUT2D eigenvalue weighted by Crippen LogP contribution is 2.37. The lowest BCUT2D eigenvalue weighted by molar-refractivity contribution is 0.224. The molecule has 0 aliphatic heterocycles. The lowest BCUT2D eigenvalue weighted by Gasteiger charge is -2.31. The fourth-order valence-electron chi connectivity index (χ4n) is 5.23. The highest BCUT2D eigenvalue weighted by atomic mass is 16.5. The minimum Gasteiger partial charge on any atom is -0.494 e. The molecule has 0 amide bonds. The molecule has 0 saturated heterocycles. The highest BCUT2D eigenvalue weighted by Gasteiger charge is 2.23. The molecular weight excluding hydrogens is 364 g/mol. The molecule has 2 fully saturated rings. The summed E-state index contributed by atoms with van der Waals surface area (Å²) < 4.78 is 5.62. The maximum Gasteiger partial charge on any atom is 0.119 e. The molecule has 30 heavy (non-hydrogen) atoms. The minimum absolute atomic E-state index is 0.736. The van der Waals surface area contributed by atoms with Gasteiger partial charge in [-0.05, 0) is 86.1 Å². The van der Waals surface area contributed by atoms with Crippen LogP contribution < -0.4 is 4.74 Å². The van der Waals surface area contributed by atoms with Crippen molar-refractivity contribution in [1.29, 1.82) is 0 Å². The molecule has 2 saturated carbocycles. The van der Waals surface area contributed by atoms with Gasteiger partial charge < -0.3 is 4.74 Å². The average Bonchev–Trinajstić information content (AvgIpc) is 2.81. The molecule has 0 aromatic heterocycles. The van der Waals surface area contributed by atoms with Crippen LogP contribution in [0.5, 0.6) is 5.75 Å². The summed E-state index contributed by atoms with van der Waals surface area (Å²) in [4.78, 5) is 0. The third kappa shape index (κ3) is 7.86. The zero-order valence-corrected chi connectivity index (χ0v) is 19.4. The van der Waals surface area contributed by atoms with E-state index in [0.717, 1.165) is 48.0 Å². The van der Waals surface area contributed by atoms with Gasteiger partial charge >= 0.3 is 0 Å². The second-order valence-electron chi connectivity index (χ2n) is 9.65. The van der Waals surface area contributed by atoms with E-state index in [0.29, 0.717) is 0 Å². The lowest BCUT2D eigenvalue weighted by Crippen LogP contribution is -2.17. The van der Waals surface area contributed by atoms with E-state index in [2.05, 4.69) is 37.8 Å². The maximum absolute atomic E-state index is 5.62. The highest BCUT2D eigenvalue weighted by molar-refractivity contribution is 5.40. The van der Waals surface area contributed by atoms with E-state index in [-0.39, 0.29) is 0 Å². The number of hydrogen-bond donors (Lipinski definition) is 0. The molecule has 1 aromatic rings. The third-order valence-electron chi connectivity index (χ3n) is 7.41. The van der Waals surface area contributed by atoms with Gasteiger partial charge in [-0.15, -0.1) is 0 Å². The molecule has 2 aliphatic rings. The first-order chi connectivity index (χ1) is 14.8. The first-order valence-corrected chi connectivity index (χ1v) is 12.7. The van der Waals surface area contributed by atoms with Gasteiger partial charge in [0, 0.05) is 5.56 Å². The molecule has 0 N–H and O–H groups in total. The van der Waals surface area contributed by atoms with E-state index < -0.39 is 0 Å². The van der Waals surface area contributed by atoms with Crippen molar-refractivity contribution in [3.8, 4) is 17.6 Å². The van der Waals surface area contributed by atoms with Crippen molar-refractivity contribution < 1.29 is 4.74 Å². The summed E-state index contributed by atoms with van der Waals surface area (Å²) in [5, 5.41) is 0. The molecule has 3 rings (SSSR count). The molecule has 0 atom stereocenters. The Hall–Kier alpha value is -1.68. The summed E-state index contributed by atoms with van der Waals surface area (Å²) in [6.45, 7) is 5.26. The van der Waals surface area contributed by atoms with Crippen molar-refractivity contribution in [2.45, 2.75) is 90.9 Å². The second kappa shape index (κ2) is 12.9. The fraction of sp³-hybridized carbons (Fsp3) is 0.655. The zero-order valence-electron chi connectivity index (χ0n) is 19.4. The van der Waals surface area contributed by atoms with Gasteiger partial charge in [-0.2, -0.15) is 0 Å². The van der Waals surface area contributed by atoms with Gasteiger partial charge in [0.05, 0.1) is 6.61 Å². The van der Waals surface area contributed by atoms with Gasteiger partial charge in [-0.25, -0.2) is 0 Å². The number of rotatable bonds is 8. The van der Waals surface area contributed by atoms with Crippen molar-refractivity contribution in [2.75, 3.05) is 6.61 Å². The van der Waals surface area contributed by atoms with Gasteiger partial charge in [0.15, 0.2) is 0 Å². The van der Waals surface area contributed by atoms with E-state index in [1.165, 1.54) is 70.6 Å². The van der Waals surface area contributed by atoms with Gasteiger partial charge in [0.1, 0.15) is 5.75 Å². The van der Waals surface area contributed by atoms with Crippen LogP contribution in [0.15, 0.2) is 36.4 Å². The van der Waals surface area contributed by atoms with Gasteiger partial charge in [0.25, 0.3) is 0 Å². The van der Waals surface area contributed by atoms with E-state index in [1.807, 2.05) is 24.3 Å². The molecule has 1 aromatic carbocycles. The van der Waals surface area contributed by atoms with Crippen LogP contribution in [0.3, 0.4) is 0 Å². The summed E-state index contributed by atoms with van der Waals surface area (Å²) >= 11 is 0. The van der Waals surface area contributed by atoms with Crippen LogP contribution in [0.4, 0.5) is 0 Å². The van der Waals surface area contributed by atoms with E-state index in [9.17, 15) is 0 Å². The number of benzene rings is 1. The van der Waals surface area contributed by atoms with Crippen LogP contribution in [0.2, 0.25) is 0 Å². The number of ether oxygens (including phenoxy) is 1. The van der Waals surface area contributed by atoms with Crippen LogP contribution in [-0.2, 0) is 0 Å². The predicted molar refractivity (Wildman–Crippen MR) is 129 cm³/mol. The van der Waals surface area contributed by atoms with Gasteiger partial charge in [-0.1, -0.05) is 76.7 Å². The smallest absolute Gasteiger partial charge is 0.119 e. The number of allylic oxidation sites excluding steroid dienone is 2. The maximum atomic E-state index is 5.62. The molecule has 2 aliphatic carbocycles. The largest absolute Gasteiger partial charge is 0.494 e. The standard InChI is InChI=1S/C29H42O/c1-3-23-30-29-21-19-26(20-22-29)8-6-5-7-25-13-15-28(16-14-25)18-17-27-11-9-24(4-2)10-12-27/h5,7,19-22,24-25,27-28H,3-4,9-18,23H2,1-2H3/t24-,25-,27-,28-. The summed E-state index contributed by atoms with van der Waals surface area (Å²) in [5.41, 5.74) is 1.06. The van der Waals surface area contributed by atoms with Crippen LogP contribution in [-0.4, -0.2) is 6.61 Å². The second-order valence-corrected chi connectivity index (χ2v) is 9.65. The van der Waals surface area contributed by atoms with Crippen molar-refractivity contribution >= 4 is 0 Å². The summed E-state index contributed by atoms with van der Waals surface area (Å²) in [6.07, 6.45) is 21.4. The molecule has 164 valence electrons. The summed E-state index contributed by atoms with van der Waals surface area (Å²) in [7, 11) is 0.